The minimum atomic E-state index is 0.651. The van der Waals surface area contributed by atoms with Crippen LogP contribution in [-0.2, 0) is 0 Å². The van der Waals surface area contributed by atoms with Crippen LogP contribution >= 0.6 is 11.3 Å². The van der Waals surface area contributed by atoms with Crippen molar-refractivity contribution in [2.75, 3.05) is 7.11 Å². The summed E-state index contributed by atoms with van der Waals surface area (Å²) in [5.41, 5.74) is 0. The molecule has 1 aromatic heterocycles. The number of hydrogen-bond donors (Lipinski definition) is 0. The van der Waals surface area contributed by atoms with Gasteiger partial charge in [-0.05, 0) is 24.3 Å². The Bertz CT molecular complexity index is 491. The Morgan fingerprint density at radius 2 is 2.00 bits per heavy atom. The molecule has 0 fully saturated rings. The SMILES string of the molecule is COc1cccc(Oc2ccc(C=O)s2)c1. The van der Waals surface area contributed by atoms with Crippen molar-refractivity contribution in [3.8, 4) is 16.6 Å². The second-order valence-corrected chi connectivity index (χ2v) is 4.13. The minimum absolute atomic E-state index is 0.651. The Morgan fingerprint density at radius 3 is 2.69 bits per heavy atom. The molecule has 2 aromatic rings. The van der Waals surface area contributed by atoms with Crippen molar-refractivity contribution >= 4 is 17.6 Å². The van der Waals surface area contributed by atoms with E-state index in [1.807, 2.05) is 18.2 Å². The van der Waals surface area contributed by atoms with Gasteiger partial charge in [-0.3, -0.25) is 4.79 Å². The zero-order valence-electron chi connectivity index (χ0n) is 8.67. The summed E-state index contributed by atoms with van der Waals surface area (Å²) in [6.45, 7) is 0. The van der Waals surface area contributed by atoms with E-state index in [4.69, 9.17) is 9.47 Å². The molecule has 1 aromatic carbocycles. The lowest BCUT2D eigenvalue weighted by atomic mass is 10.3. The van der Waals surface area contributed by atoms with Gasteiger partial charge in [-0.25, -0.2) is 0 Å². The van der Waals surface area contributed by atoms with Crippen molar-refractivity contribution < 1.29 is 14.3 Å². The summed E-state index contributed by atoms with van der Waals surface area (Å²) in [5, 5.41) is 0.690. The van der Waals surface area contributed by atoms with Crippen LogP contribution in [0, 0.1) is 0 Å². The lowest BCUT2D eigenvalue weighted by molar-refractivity contribution is 0.112. The second kappa shape index (κ2) is 4.81. The fourth-order valence-electron chi connectivity index (χ4n) is 1.23. The number of hydrogen-bond acceptors (Lipinski definition) is 4. The molecule has 3 nitrogen and oxygen atoms in total. The van der Waals surface area contributed by atoms with Gasteiger partial charge in [-0.2, -0.15) is 0 Å². The summed E-state index contributed by atoms with van der Waals surface area (Å²) in [5.74, 6) is 1.43. The van der Waals surface area contributed by atoms with Crippen LogP contribution in [0.15, 0.2) is 36.4 Å². The molecular formula is C12H10O3S. The van der Waals surface area contributed by atoms with Crippen molar-refractivity contribution in [3.63, 3.8) is 0 Å². The molecule has 2 rings (SSSR count). The average Bonchev–Trinajstić information content (AvgIpc) is 2.77. The fraction of sp³-hybridized carbons (Fsp3) is 0.0833. The number of rotatable bonds is 4. The van der Waals surface area contributed by atoms with Gasteiger partial charge in [-0.15, -0.1) is 0 Å². The number of carbonyl (C=O) groups excluding carboxylic acids is 1. The van der Waals surface area contributed by atoms with Crippen LogP contribution in [0.2, 0.25) is 0 Å². The van der Waals surface area contributed by atoms with Gasteiger partial charge in [0.15, 0.2) is 11.3 Å². The smallest absolute Gasteiger partial charge is 0.181 e. The molecular weight excluding hydrogens is 224 g/mol. The Balaban J connectivity index is 2.16. The Labute approximate surface area is 97.2 Å². The molecule has 0 aliphatic rings. The topological polar surface area (TPSA) is 35.5 Å². The number of thiophene rings is 1. The molecule has 0 saturated carbocycles. The highest BCUT2D eigenvalue weighted by atomic mass is 32.1. The van der Waals surface area contributed by atoms with Crippen molar-refractivity contribution in [1.82, 2.24) is 0 Å². The quantitative estimate of drug-likeness (QED) is 0.761. The Hall–Kier alpha value is -1.81. The molecule has 0 amide bonds. The van der Waals surface area contributed by atoms with E-state index < -0.39 is 0 Å². The van der Waals surface area contributed by atoms with E-state index in [1.165, 1.54) is 11.3 Å². The Kier molecular flexibility index (Phi) is 3.22. The summed E-state index contributed by atoms with van der Waals surface area (Å²) in [6.07, 6.45) is 0.809. The lowest BCUT2D eigenvalue weighted by Gasteiger charge is -2.04. The van der Waals surface area contributed by atoms with Crippen LogP contribution in [0.25, 0.3) is 0 Å². The van der Waals surface area contributed by atoms with Crippen LogP contribution in [-0.4, -0.2) is 13.4 Å². The van der Waals surface area contributed by atoms with E-state index in [2.05, 4.69) is 0 Å². The van der Waals surface area contributed by atoms with Crippen molar-refractivity contribution in [3.05, 3.63) is 41.3 Å². The fourth-order valence-corrected chi connectivity index (χ4v) is 1.92. The lowest BCUT2D eigenvalue weighted by Crippen LogP contribution is -1.84. The van der Waals surface area contributed by atoms with Crippen LogP contribution in [0.5, 0.6) is 16.6 Å². The molecule has 16 heavy (non-hydrogen) atoms. The number of carbonyl (C=O) groups is 1. The molecule has 0 N–H and O–H groups in total. The van der Waals surface area contributed by atoms with Gasteiger partial charge >= 0.3 is 0 Å². The van der Waals surface area contributed by atoms with E-state index in [0.29, 0.717) is 15.7 Å². The maximum atomic E-state index is 10.5. The molecule has 4 heteroatoms. The van der Waals surface area contributed by atoms with E-state index in [-0.39, 0.29) is 0 Å². The normalized spacial score (nSPS) is 9.81. The summed E-state index contributed by atoms with van der Waals surface area (Å²) < 4.78 is 10.7. The predicted molar refractivity (Wildman–Crippen MR) is 62.8 cm³/mol. The largest absolute Gasteiger partial charge is 0.497 e. The second-order valence-electron chi connectivity index (χ2n) is 3.06. The molecule has 0 aliphatic carbocycles. The maximum absolute atomic E-state index is 10.5. The first-order chi connectivity index (χ1) is 7.81. The van der Waals surface area contributed by atoms with Gasteiger partial charge in [0, 0.05) is 6.07 Å². The molecule has 82 valence electrons. The van der Waals surface area contributed by atoms with Gasteiger partial charge in [0.2, 0.25) is 0 Å². The average molecular weight is 234 g/mol. The number of benzene rings is 1. The first kappa shape index (κ1) is 10.7. The van der Waals surface area contributed by atoms with E-state index in [9.17, 15) is 4.79 Å². The molecule has 0 bridgehead atoms. The van der Waals surface area contributed by atoms with E-state index in [1.54, 1.807) is 25.3 Å². The van der Waals surface area contributed by atoms with Crippen LogP contribution in [0.4, 0.5) is 0 Å². The summed E-state index contributed by atoms with van der Waals surface area (Å²) in [7, 11) is 1.61. The summed E-state index contributed by atoms with van der Waals surface area (Å²) in [4.78, 5) is 11.2. The van der Waals surface area contributed by atoms with Crippen LogP contribution in [0.1, 0.15) is 9.67 Å². The molecule has 0 radical (unpaired) electrons. The van der Waals surface area contributed by atoms with Gasteiger partial charge < -0.3 is 9.47 Å². The zero-order valence-corrected chi connectivity index (χ0v) is 9.49. The minimum Gasteiger partial charge on any atom is -0.497 e. The Morgan fingerprint density at radius 1 is 1.19 bits per heavy atom. The van der Waals surface area contributed by atoms with Gasteiger partial charge in [-0.1, -0.05) is 17.4 Å². The van der Waals surface area contributed by atoms with Crippen molar-refractivity contribution in [2.24, 2.45) is 0 Å². The molecule has 0 aliphatic heterocycles. The molecule has 0 saturated heterocycles. The maximum Gasteiger partial charge on any atom is 0.181 e. The van der Waals surface area contributed by atoms with Gasteiger partial charge in [0.05, 0.1) is 12.0 Å². The van der Waals surface area contributed by atoms with E-state index >= 15 is 0 Å². The molecule has 0 unspecified atom stereocenters. The van der Waals surface area contributed by atoms with Gasteiger partial charge in [0.25, 0.3) is 0 Å². The summed E-state index contributed by atoms with van der Waals surface area (Å²) in [6, 6.07) is 10.8. The van der Waals surface area contributed by atoms with E-state index in [0.717, 1.165) is 12.0 Å². The highest BCUT2D eigenvalue weighted by Crippen LogP contribution is 2.30. The standard InChI is InChI=1S/C12H10O3S/c1-14-9-3-2-4-10(7-9)15-12-6-5-11(8-13)16-12/h2-8H,1H3. The molecule has 0 atom stereocenters. The number of ether oxygens (including phenoxy) is 2. The first-order valence-corrected chi connectivity index (χ1v) is 5.50. The predicted octanol–water partition coefficient (Wildman–Crippen LogP) is 3.36. The summed E-state index contributed by atoms with van der Waals surface area (Å²) >= 11 is 1.31. The van der Waals surface area contributed by atoms with Crippen LogP contribution < -0.4 is 9.47 Å². The third-order valence-electron chi connectivity index (χ3n) is 1.98. The third-order valence-corrected chi connectivity index (χ3v) is 2.87. The molecule has 0 spiro atoms. The monoisotopic (exact) mass is 234 g/mol. The van der Waals surface area contributed by atoms with Crippen molar-refractivity contribution in [1.29, 1.82) is 0 Å². The van der Waals surface area contributed by atoms with Gasteiger partial charge in [0.1, 0.15) is 11.5 Å². The third kappa shape index (κ3) is 2.41. The molecule has 1 heterocycles. The number of aldehydes is 1. The van der Waals surface area contributed by atoms with Crippen molar-refractivity contribution in [2.45, 2.75) is 0 Å². The highest BCUT2D eigenvalue weighted by Gasteiger charge is 2.02. The first-order valence-electron chi connectivity index (χ1n) is 4.69. The van der Waals surface area contributed by atoms with Crippen LogP contribution in [0.3, 0.4) is 0 Å². The highest BCUT2D eigenvalue weighted by molar-refractivity contribution is 7.15. The zero-order chi connectivity index (χ0) is 11.4. The number of methoxy groups -OCH3 is 1.